The van der Waals surface area contributed by atoms with E-state index in [1.54, 1.807) is 0 Å². The van der Waals surface area contributed by atoms with E-state index in [0.29, 0.717) is 0 Å². The van der Waals surface area contributed by atoms with Gasteiger partial charge in [0.05, 0.1) is 0 Å². The van der Waals surface area contributed by atoms with E-state index in [-0.39, 0.29) is 17.5 Å². The van der Waals surface area contributed by atoms with Gasteiger partial charge in [0, 0.05) is 7.05 Å². The molecule has 1 heterocycles. The summed E-state index contributed by atoms with van der Waals surface area (Å²) in [5.41, 5.74) is -0.385. The first-order valence-corrected chi connectivity index (χ1v) is 4.17. The molecule has 0 aromatic carbocycles. The molecule has 0 aliphatic carbocycles. The highest BCUT2D eigenvalue weighted by Gasteiger charge is 2.23. The zero-order chi connectivity index (χ0) is 10.8. The quantitative estimate of drug-likeness (QED) is 0.754. The van der Waals surface area contributed by atoms with Gasteiger partial charge in [-0.3, -0.25) is 4.79 Å². The number of nitrogens with one attached hydrogen (secondary N) is 1. The molecule has 1 amide bonds. The molecule has 1 rings (SSSR count). The van der Waals surface area contributed by atoms with Gasteiger partial charge >= 0.3 is 0 Å². The van der Waals surface area contributed by atoms with Crippen molar-refractivity contribution in [2.75, 3.05) is 7.05 Å². The third kappa shape index (κ3) is 2.45. The maximum atomic E-state index is 11.2. The van der Waals surface area contributed by atoms with Crippen LogP contribution in [-0.4, -0.2) is 28.9 Å². The molecule has 1 N–H and O–H groups in total. The number of aromatic nitrogens is 2. The van der Waals surface area contributed by atoms with E-state index in [4.69, 9.17) is 4.74 Å². The third-order valence-corrected chi connectivity index (χ3v) is 1.30. The predicted octanol–water partition coefficient (Wildman–Crippen LogP) is 0.606. The Hall–Kier alpha value is -1.59. The topological polar surface area (TPSA) is 77.3 Å². The van der Waals surface area contributed by atoms with Gasteiger partial charge in [-0.25, -0.2) is 4.63 Å². The Kier molecular flexibility index (Phi) is 2.73. The lowest BCUT2D eigenvalue weighted by Gasteiger charge is -2.18. The van der Waals surface area contributed by atoms with Crippen molar-refractivity contribution in [3.8, 4) is 5.88 Å². The number of rotatable bonds is 2. The van der Waals surface area contributed by atoms with Gasteiger partial charge in [0.1, 0.15) is 5.60 Å². The van der Waals surface area contributed by atoms with Crippen molar-refractivity contribution in [2.45, 2.75) is 26.4 Å². The second kappa shape index (κ2) is 3.65. The fourth-order valence-electron chi connectivity index (χ4n) is 0.795. The third-order valence-electron chi connectivity index (χ3n) is 1.30. The Labute approximate surface area is 81.6 Å². The van der Waals surface area contributed by atoms with Crippen LogP contribution in [0.1, 0.15) is 31.3 Å². The van der Waals surface area contributed by atoms with Gasteiger partial charge in [-0.2, -0.15) is 0 Å². The van der Waals surface area contributed by atoms with E-state index >= 15 is 0 Å². The lowest BCUT2D eigenvalue weighted by Crippen LogP contribution is -2.26. The fraction of sp³-hybridized carbons (Fsp3) is 0.625. The zero-order valence-electron chi connectivity index (χ0n) is 8.62. The maximum absolute atomic E-state index is 11.2. The van der Waals surface area contributed by atoms with Crippen LogP contribution in [0.4, 0.5) is 0 Å². The first-order chi connectivity index (χ1) is 6.44. The molecule has 1 aromatic heterocycles. The van der Waals surface area contributed by atoms with Crippen LogP contribution in [0.2, 0.25) is 0 Å². The highest BCUT2D eigenvalue weighted by Crippen LogP contribution is 2.18. The SMILES string of the molecule is CNC(=O)c1nonc1OC(C)(C)C. The highest BCUT2D eigenvalue weighted by atomic mass is 16.6. The van der Waals surface area contributed by atoms with Gasteiger partial charge in [-0.15, -0.1) is 0 Å². The van der Waals surface area contributed by atoms with E-state index in [9.17, 15) is 4.79 Å². The second-order valence-electron chi connectivity index (χ2n) is 3.71. The molecule has 14 heavy (non-hydrogen) atoms. The smallest absolute Gasteiger partial charge is 0.289 e. The minimum Gasteiger partial charge on any atom is -0.468 e. The normalized spacial score (nSPS) is 11.1. The van der Waals surface area contributed by atoms with E-state index < -0.39 is 5.60 Å². The van der Waals surface area contributed by atoms with Gasteiger partial charge in [0.2, 0.25) is 5.69 Å². The van der Waals surface area contributed by atoms with Gasteiger partial charge in [0.15, 0.2) is 0 Å². The summed E-state index contributed by atoms with van der Waals surface area (Å²) in [5.74, 6) is -0.276. The van der Waals surface area contributed by atoms with Crippen LogP contribution in [-0.2, 0) is 0 Å². The van der Waals surface area contributed by atoms with Gasteiger partial charge in [-0.1, -0.05) is 0 Å². The Morgan fingerprint density at radius 1 is 1.43 bits per heavy atom. The molecule has 0 bridgehead atoms. The van der Waals surface area contributed by atoms with E-state index in [1.807, 2.05) is 20.8 Å². The molecule has 0 aliphatic heterocycles. The summed E-state index contributed by atoms with van der Waals surface area (Å²) in [6.07, 6.45) is 0. The monoisotopic (exact) mass is 199 g/mol. The van der Waals surface area contributed by atoms with E-state index in [2.05, 4.69) is 20.3 Å². The Balaban J connectivity index is 2.88. The molecular weight excluding hydrogens is 186 g/mol. The number of amides is 1. The van der Waals surface area contributed by atoms with Crippen molar-refractivity contribution in [1.29, 1.82) is 0 Å². The number of ether oxygens (including phenoxy) is 1. The summed E-state index contributed by atoms with van der Waals surface area (Å²) in [7, 11) is 1.50. The summed E-state index contributed by atoms with van der Waals surface area (Å²) >= 11 is 0. The number of carbonyl (C=O) groups excluding carboxylic acids is 1. The number of hydrogen-bond donors (Lipinski definition) is 1. The van der Waals surface area contributed by atoms with Crippen LogP contribution in [0.5, 0.6) is 5.88 Å². The molecular formula is C8H13N3O3. The summed E-state index contributed by atoms with van der Waals surface area (Å²) in [6.45, 7) is 5.53. The molecule has 0 fully saturated rings. The van der Waals surface area contributed by atoms with Crippen LogP contribution >= 0.6 is 0 Å². The van der Waals surface area contributed by atoms with Crippen molar-refractivity contribution in [3.63, 3.8) is 0 Å². The van der Waals surface area contributed by atoms with Crippen LogP contribution in [0.25, 0.3) is 0 Å². The standard InChI is InChI=1S/C8H13N3O3/c1-8(2,3)13-7-5(6(12)9-4)10-14-11-7/h1-4H3,(H,9,12). The first-order valence-electron chi connectivity index (χ1n) is 4.17. The highest BCUT2D eigenvalue weighted by molar-refractivity contribution is 5.93. The average Bonchev–Trinajstić information content (AvgIpc) is 2.48. The summed E-state index contributed by atoms with van der Waals surface area (Å²) in [4.78, 5) is 11.2. The van der Waals surface area contributed by atoms with Crippen LogP contribution in [0.3, 0.4) is 0 Å². The Bertz CT molecular complexity index is 327. The predicted molar refractivity (Wildman–Crippen MR) is 48.1 cm³/mol. The van der Waals surface area contributed by atoms with Crippen LogP contribution < -0.4 is 10.1 Å². The summed E-state index contributed by atoms with van der Waals surface area (Å²) < 4.78 is 9.80. The molecule has 0 unspecified atom stereocenters. The molecule has 0 saturated carbocycles. The Morgan fingerprint density at radius 3 is 2.57 bits per heavy atom. The minimum absolute atomic E-state index is 0.0578. The van der Waals surface area contributed by atoms with Gasteiger partial charge in [0.25, 0.3) is 11.8 Å². The lowest BCUT2D eigenvalue weighted by molar-refractivity contribution is 0.0932. The van der Waals surface area contributed by atoms with Crippen molar-refractivity contribution < 1.29 is 14.2 Å². The molecule has 6 heteroatoms. The number of hydrogen-bond acceptors (Lipinski definition) is 5. The first kappa shape index (κ1) is 10.5. The summed E-state index contributed by atoms with van der Waals surface area (Å²) in [5, 5.41) is 9.36. The second-order valence-corrected chi connectivity index (χ2v) is 3.71. The van der Waals surface area contributed by atoms with Crippen molar-refractivity contribution >= 4 is 5.91 Å². The molecule has 0 radical (unpaired) electrons. The zero-order valence-corrected chi connectivity index (χ0v) is 8.62. The van der Waals surface area contributed by atoms with Crippen molar-refractivity contribution in [1.82, 2.24) is 15.6 Å². The van der Waals surface area contributed by atoms with Crippen molar-refractivity contribution in [3.05, 3.63) is 5.69 Å². The largest absolute Gasteiger partial charge is 0.468 e. The molecule has 0 saturated heterocycles. The van der Waals surface area contributed by atoms with Gasteiger partial charge < -0.3 is 10.1 Å². The molecule has 78 valence electrons. The Morgan fingerprint density at radius 2 is 2.07 bits per heavy atom. The molecule has 0 spiro atoms. The van der Waals surface area contributed by atoms with E-state index in [1.165, 1.54) is 7.05 Å². The minimum atomic E-state index is -0.443. The molecule has 6 nitrogen and oxygen atoms in total. The van der Waals surface area contributed by atoms with Crippen molar-refractivity contribution in [2.24, 2.45) is 0 Å². The number of nitrogens with zero attached hydrogens (tertiary/aromatic N) is 2. The van der Waals surface area contributed by atoms with E-state index in [0.717, 1.165) is 0 Å². The molecule has 0 aliphatic rings. The summed E-state index contributed by atoms with van der Waals surface area (Å²) in [6, 6.07) is 0. The van der Waals surface area contributed by atoms with Crippen LogP contribution in [0.15, 0.2) is 4.63 Å². The average molecular weight is 199 g/mol. The fourth-order valence-corrected chi connectivity index (χ4v) is 0.795. The van der Waals surface area contributed by atoms with Crippen LogP contribution in [0, 0.1) is 0 Å². The number of carbonyl (C=O) groups is 1. The lowest BCUT2D eigenvalue weighted by atomic mass is 10.2. The van der Waals surface area contributed by atoms with Gasteiger partial charge in [-0.05, 0) is 31.1 Å². The molecule has 1 aromatic rings. The maximum Gasteiger partial charge on any atom is 0.289 e. The molecule has 0 atom stereocenters.